The molecule has 0 spiro atoms. The van der Waals surface area contributed by atoms with Crippen LogP contribution in [0.15, 0.2) is 151 Å². The van der Waals surface area contributed by atoms with Crippen LogP contribution in [0.5, 0.6) is 11.5 Å². The van der Waals surface area contributed by atoms with Gasteiger partial charge < -0.3 is 15.0 Å². The highest BCUT2D eigenvalue weighted by Gasteiger charge is 2.29. The van der Waals surface area contributed by atoms with Gasteiger partial charge in [0, 0.05) is 23.0 Å². The monoisotopic (exact) mass is 534 g/mol. The van der Waals surface area contributed by atoms with Crippen molar-refractivity contribution in [2.24, 2.45) is 0 Å². The minimum atomic E-state index is 0.154. The summed E-state index contributed by atoms with van der Waals surface area (Å²) in [6.45, 7) is 10.1. The summed E-state index contributed by atoms with van der Waals surface area (Å²) in [7, 11) is 0. The molecule has 0 aromatic heterocycles. The predicted octanol–water partition coefficient (Wildman–Crippen LogP) is 11.0. The maximum Gasteiger partial charge on any atom is 0.152 e. The summed E-state index contributed by atoms with van der Waals surface area (Å²) in [5, 5.41) is 3.63. The minimum absolute atomic E-state index is 0.154. The van der Waals surface area contributed by atoms with Gasteiger partial charge in [0.2, 0.25) is 0 Å². The first-order valence-corrected chi connectivity index (χ1v) is 14.3. The van der Waals surface area contributed by atoms with Crippen LogP contribution in [-0.4, -0.2) is 0 Å². The standard InChI is InChI=1S/C36H28N2O.C2H6/c1-3-10-25-15-18-31-29(21-24(25)4-2)30-22-26(16-19-32(30)37-31)27-17-20-34-36(23-27)39-35-14-9-8-13-33(35)38(34)28-11-6-5-7-12-28;1-2/h3-23,29,37H,2H2,1H3;1-2H3/b10-3-;. The van der Waals surface area contributed by atoms with E-state index in [1.54, 1.807) is 0 Å². The van der Waals surface area contributed by atoms with Crippen LogP contribution in [-0.2, 0) is 0 Å². The molecule has 3 aliphatic rings. The van der Waals surface area contributed by atoms with Crippen LogP contribution in [0.4, 0.5) is 22.7 Å². The third kappa shape index (κ3) is 4.70. The van der Waals surface area contributed by atoms with Gasteiger partial charge >= 0.3 is 0 Å². The molecule has 0 bridgehead atoms. The van der Waals surface area contributed by atoms with Crippen LogP contribution in [0.2, 0.25) is 0 Å². The normalized spacial score (nSPS) is 16.2. The summed E-state index contributed by atoms with van der Waals surface area (Å²) < 4.78 is 6.45. The Hall–Kier alpha value is -5.02. The lowest BCUT2D eigenvalue weighted by Gasteiger charge is -2.33. The van der Waals surface area contributed by atoms with E-state index in [1.807, 2.05) is 45.0 Å². The number of nitrogens with zero attached hydrogens (tertiary/aromatic N) is 1. The third-order valence-corrected chi connectivity index (χ3v) is 7.56. The van der Waals surface area contributed by atoms with E-state index >= 15 is 0 Å². The van der Waals surface area contributed by atoms with Crippen molar-refractivity contribution >= 4 is 22.7 Å². The van der Waals surface area contributed by atoms with Gasteiger partial charge in [0.05, 0.1) is 11.4 Å². The Kier molecular flexibility index (Phi) is 7.18. The Balaban J connectivity index is 0.00000148. The molecule has 4 aromatic carbocycles. The number of allylic oxidation sites excluding steroid dienone is 8. The molecule has 41 heavy (non-hydrogen) atoms. The molecule has 3 heteroatoms. The highest BCUT2D eigenvalue weighted by molar-refractivity contribution is 5.88. The highest BCUT2D eigenvalue weighted by Crippen LogP contribution is 2.51. The van der Waals surface area contributed by atoms with Crippen molar-refractivity contribution in [3.05, 3.63) is 156 Å². The highest BCUT2D eigenvalue weighted by atomic mass is 16.5. The second-order valence-electron chi connectivity index (χ2n) is 9.90. The molecule has 0 fully saturated rings. The quantitative estimate of drug-likeness (QED) is 0.248. The molecule has 4 aromatic rings. The molecule has 2 aliphatic heterocycles. The Morgan fingerprint density at radius 1 is 0.780 bits per heavy atom. The van der Waals surface area contributed by atoms with E-state index < -0.39 is 0 Å². The lowest BCUT2D eigenvalue weighted by molar-refractivity contribution is 0.477. The average Bonchev–Trinajstić information content (AvgIpc) is 3.28. The minimum Gasteiger partial charge on any atom is -0.453 e. The van der Waals surface area contributed by atoms with E-state index in [0.29, 0.717) is 0 Å². The maximum atomic E-state index is 6.45. The third-order valence-electron chi connectivity index (χ3n) is 7.56. The Morgan fingerprint density at radius 3 is 2.32 bits per heavy atom. The number of hydrogen-bond acceptors (Lipinski definition) is 3. The second-order valence-corrected chi connectivity index (χ2v) is 9.90. The van der Waals surface area contributed by atoms with Gasteiger partial charge in [-0.05, 0) is 89.4 Å². The molecule has 0 saturated heterocycles. The van der Waals surface area contributed by atoms with Crippen molar-refractivity contribution in [2.45, 2.75) is 26.7 Å². The van der Waals surface area contributed by atoms with Crippen molar-refractivity contribution < 1.29 is 4.74 Å². The Bertz CT molecular complexity index is 1740. The van der Waals surface area contributed by atoms with Gasteiger partial charge in [0.25, 0.3) is 0 Å². The SMILES string of the molecule is C=CC1=CC2C(=CC=C1/C=C\C)Nc1ccc(-c3ccc4c(c3)Oc3ccccc3N4c3ccccc3)cc12.CC. The molecule has 0 radical (unpaired) electrons. The zero-order valence-electron chi connectivity index (χ0n) is 23.8. The van der Waals surface area contributed by atoms with Crippen molar-refractivity contribution in [2.75, 3.05) is 10.2 Å². The molecule has 7 rings (SSSR count). The summed E-state index contributed by atoms with van der Waals surface area (Å²) in [6.07, 6.45) is 12.8. The Labute approximate surface area is 243 Å². The number of hydrogen-bond donors (Lipinski definition) is 1. The van der Waals surface area contributed by atoms with Crippen molar-refractivity contribution in [3.8, 4) is 22.6 Å². The Morgan fingerprint density at radius 2 is 1.51 bits per heavy atom. The fourth-order valence-electron chi connectivity index (χ4n) is 5.70. The average molecular weight is 535 g/mol. The number of rotatable bonds is 4. The van der Waals surface area contributed by atoms with Crippen LogP contribution in [0.3, 0.4) is 0 Å². The first-order valence-electron chi connectivity index (χ1n) is 14.3. The van der Waals surface area contributed by atoms with Gasteiger partial charge in [-0.1, -0.05) is 93.3 Å². The number of nitrogens with one attached hydrogen (secondary N) is 1. The first-order chi connectivity index (χ1) is 20.2. The van der Waals surface area contributed by atoms with Gasteiger partial charge in [0.15, 0.2) is 11.5 Å². The molecule has 202 valence electrons. The molecule has 1 N–H and O–H groups in total. The van der Waals surface area contributed by atoms with E-state index in [4.69, 9.17) is 4.74 Å². The van der Waals surface area contributed by atoms with Gasteiger partial charge in [0.1, 0.15) is 0 Å². The molecule has 0 saturated carbocycles. The summed E-state index contributed by atoms with van der Waals surface area (Å²) in [5.74, 6) is 1.85. The largest absolute Gasteiger partial charge is 0.453 e. The van der Waals surface area contributed by atoms with E-state index in [-0.39, 0.29) is 5.92 Å². The summed E-state index contributed by atoms with van der Waals surface area (Å²) in [6, 6.07) is 31.8. The molecular weight excluding hydrogens is 500 g/mol. The molecule has 0 amide bonds. The van der Waals surface area contributed by atoms with Crippen LogP contribution in [0, 0.1) is 0 Å². The van der Waals surface area contributed by atoms with Crippen LogP contribution in [0.1, 0.15) is 32.3 Å². The smallest absolute Gasteiger partial charge is 0.152 e. The topological polar surface area (TPSA) is 24.5 Å². The van der Waals surface area contributed by atoms with Gasteiger partial charge in [-0.25, -0.2) is 0 Å². The summed E-state index contributed by atoms with van der Waals surface area (Å²) in [4.78, 5) is 2.27. The predicted molar refractivity (Wildman–Crippen MR) is 174 cm³/mol. The number of ether oxygens (including phenoxy) is 1. The zero-order chi connectivity index (χ0) is 28.3. The van der Waals surface area contributed by atoms with E-state index in [9.17, 15) is 0 Å². The molecule has 1 aliphatic carbocycles. The number of benzene rings is 4. The van der Waals surface area contributed by atoms with Crippen molar-refractivity contribution in [3.63, 3.8) is 0 Å². The van der Waals surface area contributed by atoms with Crippen LogP contribution in [0.25, 0.3) is 11.1 Å². The maximum absolute atomic E-state index is 6.45. The summed E-state index contributed by atoms with van der Waals surface area (Å²) >= 11 is 0. The second kappa shape index (κ2) is 11.2. The van der Waals surface area contributed by atoms with E-state index in [1.165, 1.54) is 16.8 Å². The molecular formula is C38H34N2O. The zero-order valence-corrected chi connectivity index (χ0v) is 23.8. The first kappa shape index (κ1) is 26.2. The lowest BCUT2D eigenvalue weighted by atomic mass is 9.92. The fourth-order valence-corrected chi connectivity index (χ4v) is 5.70. The van der Waals surface area contributed by atoms with Crippen LogP contribution >= 0.6 is 0 Å². The van der Waals surface area contributed by atoms with Crippen molar-refractivity contribution in [1.82, 2.24) is 0 Å². The summed E-state index contributed by atoms with van der Waals surface area (Å²) in [5.41, 5.74) is 11.4. The molecule has 1 unspecified atom stereocenters. The number of anilines is 4. The lowest BCUT2D eigenvalue weighted by Crippen LogP contribution is -2.15. The van der Waals surface area contributed by atoms with Gasteiger partial charge in [-0.3, -0.25) is 0 Å². The van der Waals surface area contributed by atoms with Gasteiger partial charge in [-0.15, -0.1) is 0 Å². The van der Waals surface area contributed by atoms with E-state index in [0.717, 1.165) is 50.9 Å². The molecule has 3 nitrogen and oxygen atoms in total. The van der Waals surface area contributed by atoms with E-state index in [2.05, 4.69) is 120 Å². The van der Waals surface area contributed by atoms with Gasteiger partial charge in [-0.2, -0.15) is 0 Å². The fraction of sp³-hybridized carbons (Fsp3) is 0.105. The van der Waals surface area contributed by atoms with Crippen LogP contribution < -0.4 is 15.0 Å². The molecule has 2 heterocycles. The number of fused-ring (bicyclic) bond motifs is 5. The van der Waals surface area contributed by atoms with Crippen molar-refractivity contribution in [1.29, 1.82) is 0 Å². The molecule has 1 atom stereocenters. The number of para-hydroxylation sites is 3.